The summed E-state index contributed by atoms with van der Waals surface area (Å²) in [5, 5.41) is 11.1. The number of pyridine rings is 1. The molecule has 0 fully saturated rings. The number of amides is 1. The molecule has 0 aliphatic rings. The summed E-state index contributed by atoms with van der Waals surface area (Å²) in [6.07, 6.45) is -4.08. The fourth-order valence-electron chi connectivity index (χ4n) is 2.03. The Kier molecular flexibility index (Phi) is 4.40. The van der Waals surface area contributed by atoms with Gasteiger partial charge in [0.25, 0.3) is 11.2 Å². The Balaban J connectivity index is 2.50. The molecule has 7 nitrogen and oxygen atoms in total. The van der Waals surface area contributed by atoms with E-state index in [-0.39, 0.29) is 11.1 Å². The van der Waals surface area contributed by atoms with Crippen molar-refractivity contribution in [2.75, 3.05) is 0 Å². The van der Waals surface area contributed by atoms with Crippen molar-refractivity contribution >= 4 is 11.6 Å². The molecular formula is C14H10F3N3O4. The maximum atomic E-state index is 12.7. The van der Waals surface area contributed by atoms with Crippen LogP contribution in [0.1, 0.15) is 21.5 Å². The smallest absolute Gasteiger partial charge is 0.366 e. The Hall–Kier alpha value is -3.17. The van der Waals surface area contributed by atoms with Crippen LogP contribution in [0.3, 0.4) is 0 Å². The molecule has 0 aliphatic heterocycles. The number of aromatic nitrogens is 1. The molecule has 2 rings (SSSR count). The van der Waals surface area contributed by atoms with Crippen LogP contribution in [0.25, 0.3) is 0 Å². The van der Waals surface area contributed by atoms with Crippen LogP contribution in [-0.2, 0) is 12.7 Å². The molecule has 2 aromatic rings. The van der Waals surface area contributed by atoms with Gasteiger partial charge in [-0.3, -0.25) is 19.7 Å². The van der Waals surface area contributed by atoms with Crippen LogP contribution in [0.4, 0.5) is 18.9 Å². The average Bonchev–Trinajstić information content (AvgIpc) is 2.48. The van der Waals surface area contributed by atoms with Crippen molar-refractivity contribution in [1.29, 1.82) is 0 Å². The van der Waals surface area contributed by atoms with Crippen LogP contribution in [0, 0.1) is 10.1 Å². The summed E-state index contributed by atoms with van der Waals surface area (Å²) in [6.45, 7) is -0.460. The molecule has 0 aliphatic carbocycles. The standard InChI is InChI=1S/C14H10F3N3O4/c15-14(16,17)10-3-4-12(21)19(7-10)6-9-2-1-8(13(18)22)5-11(9)20(23)24/h1-5,7H,6H2,(H2,18,22). The normalized spacial score (nSPS) is 11.3. The van der Waals surface area contributed by atoms with Crippen molar-refractivity contribution in [2.24, 2.45) is 5.73 Å². The summed E-state index contributed by atoms with van der Waals surface area (Å²) in [6, 6.07) is 4.64. The van der Waals surface area contributed by atoms with E-state index in [2.05, 4.69) is 0 Å². The van der Waals surface area contributed by atoms with Gasteiger partial charge in [-0.1, -0.05) is 0 Å². The number of hydrogen-bond acceptors (Lipinski definition) is 4. The molecule has 1 aromatic carbocycles. The molecule has 0 saturated carbocycles. The zero-order chi connectivity index (χ0) is 18.1. The predicted molar refractivity (Wildman–Crippen MR) is 76.4 cm³/mol. The van der Waals surface area contributed by atoms with Crippen LogP contribution in [-0.4, -0.2) is 15.4 Å². The molecule has 0 spiro atoms. The molecule has 0 radical (unpaired) electrons. The first-order valence-electron chi connectivity index (χ1n) is 6.44. The molecule has 2 N–H and O–H groups in total. The highest BCUT2D eigenvalue weighted by molar-refractivity contribution is 5.93. The maximum Gasteiger partial charge on any atom is 0.417 e. The van der Waals surface area contributed by atoms with Gasteiger partial charge >= 0.3 is 6.18 Å². The van der Waals surface area contributed by atoms with Gasteiger partial charge in [-0.05, 0) is 18.2 Å². The van der Waals surface area contributed by atoms with Crippen molar-refractivity contribution in [3.8, 4) is 0 Å². The number of primary amides is 1. The SMILES string of the molecule is NC(=O)c1ccc(Cn2cc(C(F)(F)F)ccc2=O)c([N+](=O)[O-])c1. The van der Waals surface area contributed by atoms with Gasteiger partial charge in [-0.25, -0.2) is 0 Å². The summed E-state index contributed by atoms with van der Waals surface area (Å²) in [5.74, 6) is -0.888. The Morgan fingerprint density at radius 2 is 1.92 bits per heavy atom. The molecule has 1 aromatic heterocycles. The quantitative estimate of drug-likeness (QED) is 0.677. The molecular weight excluding hydrogens is 331 g/mol. The van der Waals surface area contributed by atoms with Gasteiger partial charge in [0.2, 0.25) is 5.91 Å². The Morgan fingerprint density at radius 3 is 2.46 bits per heavy atom. The van der Waals surface area contributed by atoms with Crippen LogP contribution >= 0.6 is 0 Å². The molecule has 0 unspecified atom stereocenters. The van der Waals surface area contributed by atoms with E-state index in [1.807, 2.05) is 0 Å². The van der Waals surface area contributed by atoms with Gasteiger partial charge in [0.1, 0.15) is 0 Å². The minimum absolute atomic E-state index is 0.0357. The van der Waals surface area contributed by atoms with E-state index in [0.29, 0.717) is 16.8 Å². The third-order valence-electron chi connectivity index (χ3n) is 3.22. The van der Waals surface area contributed by atoms with Crippen molar-refractivity contribution < 1.29 is 22.9 Å². The monoisotopic (exact) mass is 341 g/mol. The fourth-order valence-corrected chi connectivity index (χ4v) is 2.03. The topological polar surface area (TPSA) is 108 Å². The van der Waals surface area contributed by atoms with Crippen molar-refractivity contribution in [2.45, 2.75) is 12.7 Å². The third-order valence-corrected chi connectivity index (χ3v) is 3.22. The van der Waals surface area contributed by atoms with E-state index in [1.165, 1.54) is 12.1 Å². The maximum absolute atomic E-state index is 12.7. The number of alkyl halides is 3. The second-order valence-corrected chi connectivity index (χ2v) is 4.85. The summed E-state index contributed by atoms with van der Waals surface area (Å²) in [5.41, 5.74) is 2.55. The van der Waals surface area contributed by atoms with Crippen LogP contribution < -0.4 is 11.3 Å². The predicted octanol–water partition coefficient (Wildman–Crippen LogP) is 1.92. The first-order chi connectivity index (χ1) is 11.1. The van der Waals surface area contributed by atoms with Crippen molar-refractivity contribution in [3.63, 3.8) is 0 Å². The van der Waals surface area contributed by atoms with Gasteiger partial charge in [0, 0.05) is 29.5 Å². The van der Waals surface area contributed by atoms with E-state index >= 15 is 0 Å². The highest BCUT2D eigenvalue weighted by Gasteiger charge is 2.31. The van der Waals surface area contributed by atoms with E-state index < -0.39 is 40.4 Å². The van der Waals surface area contributed by atoms with Gasteiger partial charge < -0.3 is 10.3 Å². The number of benzene rings is 1. The summed E-state index contributed by atoms with van der Waals surface area (Å²) < 4.78 is 38.8. The van der Waals surface area contributed by atoms with Gasteiger partial charge in [0.15, 0.2) is 0 Å². The van der Waals surface area contributed by atoms with Gasteiger partial charge in [-0.2, -0.15) is 13.2 Å². The molecule has 0 bridgehead atoms. The van der Waals surface area contributed by atoms with E-state index in [1.54, 1.807) is 0 Å². The second-order valence-electron chi connectivity index (χ2n) is 4.85. The molecule has 0 atom stereocenters. The molecule has 1 heterocycles. The minimum Gasteiger partial charge on any atom is -0.366 e. The van der Waals surface area contributed by atoms with E-state index in [0.717, 1.165) is 12.1 Å². The lowest BCUT2D eigenvalue weighted by atomic mass is 10.1. The Bertz CT molecular complexity index is 874. The van der Waals surface area contributed by atoms with E-state index in [4.69, 9.17) is 5.73 Å². The highest BCUT2D eigenvalue weighted by atomic mass is 19.4. The van der Waals surface area contributed by atoms with Gasteiger partial charge in [0.05, 0.1) is 17.0 Å². The number of hydrogen-bond donors (Lipinski definition) is 1. The summed E-state index contributed by atoms with van der Waals surface area (Å²) in [4.78, 5) is 33.1. The summed E-state index contributed by atoms with van der Waals surface area (Å²) >= 11 is 0. The minimum atomic E-state index is -4.66. The number of halogens is 3. The number of carbonyl (C=O) groups is 1. The van der Waals surface area contributed by atoms with Crippen LogP contribution in [0.5, 0.6) is 0 Å². The highest BCUT2D eigenvalue weighted by Crippen LogP contribution is 2.28. The second kappa shape index (κ2) is 6.14. The lowest BCUT2D eigenvalue weighted by Crippen LogP contribution is -2.22. The number of nitro benzene ring substituents is 1. The number of rotatable bonds is 4. The zero-order valence-corrected chi connectivity index (χ0v) is 11.9. The zero-order valence-electron chi connectivity index (χ0n) is 11.9. The van der Waals surface area contributed by atoms with Gasteiger partial charge in [-0.15, -0.1) is 0 Å². The lowest BCUT2D eigenvalue weighted by molar-refractivity contribution is -0.385. The number of carbonyl (C=O) groups excluding carboxylic acids is 1. The van der Waals surface area contributed by atoms with Crippen LogP contribution in [0.2, 0.25) is 0 Å². The largest absolute Gasteiger partial charge is 0.417 e. The summed E-state index contributed by atoms with van der Waals surface area (Å²) in [7, 11) is 0. The number of nitro groups is 1. The van der Waals surface area contributed by atoms with E-state index in [9.17, 15) is 32.9 Å². The Morgan fingerprint density at radius 1 is 1.25 bits per heavy atom. The lowest BCUT2D eigenvalue weighted by Gasteiger charge is -2.11. The third kappa shape index (κ3) is 3.59. The molecule has 1 amide bonds. The number of nitrogens with two attached hydrogens (primary N) is 1. The number of nitrogens with zero attached hydrogens (tertiary/aromatic N) is 2. The Labute approximate surface area is 132 Å². The van der Waals surface area contributed by atoms with Crippen LogP contribution in [0.15, 0.2) is 41.3 Å². The first kappa shape index (κ1) is 17.2. The fraction of sp³-hybridized carbons (Fsp3) is 0.143. The molecule has 24 heavy (non-hydrogen) atoms. The first-order valence-corrected chi connectivity index (χ1v) is 6.44. The molecule has 10 heteroatoms. The average molecular weight is 341 g/mol. The van der Waals surface area contributed by atoms with Crippen molar-refractivity contribution in [1.82, 2.24) is 4.57 Å². The molecule has 126 valence electrons. The molecule has 0 saturated heterocycles. The van der Waals surface area contributed by atoms with Crippen molar-refractivity contribution in [3.05, 3.63) is 73.7 Å².